The second kappa shape index (κ2) is 23.3. The zero-order chi connectivity index (χ0) is 62.4. The molecule has 14 aromatic rings. The van der Waals surface area contributed by atoms with E-state index in [1.54, 1.807) is 0 Å². The Hall–Kier alpha value is -9.52. The number of aromatic nitrogens is 3. The van der Waals surface area contributed by atoms with Gasteiger partial charge in [0.2, 0.25) is 0 Å². The van der Waals surface area contributed by atoms with Crippen molar-refractivity contribution >= 4 is 95.2 Å². The largest absolute Gasteiger partial charge is 0.509 e. The van der Waals surface area contributed by atoms with Gasteiger partial charge in [-0.25, -0.2) is 4.98 Å². The molecule has 0 atom stereocenters. The van der Waals surface area contributed by atoms with Crippen molar-refractivity contribution < 1.29 is 25.8 Å². The molecule has 1 aliphatic heterocycles. The first-order valence-electron chi connectivity index (χ1n) is 31.7. The summed E-state index contributed by atoms with van der Waals surface area (Å²) in [5.74, 6) is 1.97. The summed E-state index contributed by atoms with van der Waals surface area (Å²) < 4.78 is 11.7. The molecule has 6 nitrogen and oxygen atoms in total. The van der Waals surface area contributed by atoms with Gasteiger partial charge in [0.25, 0.3) is 0 Å². The molecule has 92 heavy (non-hydrogen) atoms. The van der Waals surface area contributed by atoms with Crippen LogP contribution in [0.5, 0.6) is 11.5 Å². The molecule has 0 fully saturated rings. The summed E-state index contributed by atoms with van der Waals surface area (Å²) in [6, 6.07) is 103. The van der Waals surface area contributed by atoms with Gasteiger partial charge in [0.15, 0.2) is 8.07 Å². The second-order valence-corrected chi connectivity index (χ2v) is 31.2. The molecule has 0 radical (unpaired) electrons. The molecule has 456 valence electrons. The normalized spacial score (nSPS) is 12.9. The molecule has 15 rings (SSSR count). The molecule has 8 heteroatoms. The topological polar surface area (TPSA) is 38.5 Å². The van der Waals surface area contributed by atoms with Crippen LogP contribution in [-0.2, 0) is 37.3 Å². The molecule has 0 amide bonds. The fourth-order valence-electron chi connectivity index (χ4n) is 13.7. The Labute approximate surface area is 556 Å². The van der Waals surface area contributed by atoms with E-state index in [0.717, 1.165) is 67.2 Å². The van der Waals surface area contributed by atoms with E-state index in [-0.39, 0.29) is 37.3 Å². The van der Waals surface area contributed by atoms with Crippen LogP contribution in [0.1, 0.15) is 79.0 Å². The van der Waals surface area contributed by atoms with Crippen LogP contribution in [0.15, 0.2) is 267 Å². The maximum atomic E-state index is 7.02. The van der Waals surface area contributed by atoms with Crippen molar-refractivity contribution in [1.82, 2.24) is 14.1 Å². The van der Waals surface area contributed by atoms with Gasteiger partial charge in [-0.05, 0) is 125 Å². The zero-order valence-corrected chi connectivity index (χ0v) is 56.7. The van der Waals surface area contributed by atoms with Crippen LogP contribution in [0.25, 0.3) is 66.2 Å². The Bertz CT molecular complexity index is 4910. The van der Waals surface area contributed by atoms with Crippen LogP contribution in [-0.4, -0.2) is 22.2 Å². The Morgan fingerprint density at radius 2 is 0.967 bits per heavy atom. The number of ether oxygens (including phenoxy) is 1. The minimum atomic E-state index is -2.88. The van der Waals surface area contributed by atoms with E-state index in [1.165, 1.54) is 59.2 Å². The fourth-order valence-corrected chi connectivity index (χ4v) is 18.5. The van der Waals surface area contributed by atoms with E-state index >= 15 is 0 Å². The van der Waals surface area contributed by atoms with Crippen LogP contribution in [0.3, 0.4) is 0 Å². The van der Waals surface area contributed by atoms with Crippen molar-refractivity contribution in [2.45, 2.75) is 78.6 Å². The molecule has 3 aromatic heterocycles. The molecule has 0 unspecified atom stereocenters. The number of fused-ring (bicyclic) bond motifs is 7. The summed E-state index contributed by atoms with van der Waals surface area (Å²) >= 11 is 0. The molecule has 0 aliphatic carbocycles. The number of hydrogen-bond donors (Lipinski definition) is 0. The van der Waals surface area contributed by atoms with Crippen LogP contribution in [0, 0.1) is 18.8 Å². The van der Waals surface area contributed by atoms with E-state index < -0.39 is 8.07 Å². The summed E-state index contributed by atoms with van der Waals surface area (Å²) in [5, 5.41) is 9.93. The third-order valence-electron chi connectivity index (χ3n) is 18.4. The first-order chi connectivity index (χ1) is 44.0. The van der Waals surface area contributed by atoms with Crippen molar-refractivity contribution in [3.8, 4) is 34.1 Å². The van der Waals surface area contributed by atoms with Crippen LogP contribution >= 0.6 is 0 Å². The van der Waals surface area contributed by atoms with Gasteiger partial charge < -0.3 is 23.7 Å². The van der Waals surface area contributed by atoms with Crippen molar-refractivity contribution in [3.05, 3.63) is 303 Å². The summed E-state index contributed by atoms with van der Waals surface area (Å²) in [5.41, 5.74) is 15.1. The number of pyridine rings is 1. The van der Waals surface area contributed by atoms with Gasteiger partial charge in [0, 0.05) is 83.4 Å². The van der Waals surface area contributed by atoms with E-state index in [4.69, 9.17) is 9.72 Å². The molecule has 0 saturated heterocycles. The predicted molar refractivity (Wildman–Crippen MR) is 384 cm³/mol. The number of nitrogens with zero attached hydrogens (tertiary/aromatic N) is 5. The third-order valence-corrected chi connectivity index (χ3v) is 23.2. The number of para-hydroxylation sites is 3. The summed E-state index contributed by atoms with van der Waals surface area (Å²) in [6.45, 7) is 22.8. The Morgan fingerprint density at radius 3 is 1.59 bits per heavy atom. The maximum Gasteiger partial charge on any atom is 0.179 e. The number of rotatable bonds is 11. The molecule has 1 aliphatic rings. The maximum absolute atomic E-state index is 7.02. The van der Waals surface area contributed by atoms with E-state index in [1.807, 2.05) is 12.3 Å². The summed E-state index contributed by atoms with van der Waals surface area (Å²) in [6.07, 6.45) is 1.94. The van der Waals surface area contributed by atoms with Gasteiger partial charge in [-0.1, -0.05) is 238 Å². The average Bonchev–Trinajstić information content (AvgIpc) is 1.27. The van der Waals surface area contributed by atoms with Gasteiger partial charge in [-0.15, -0.1) is 48.1 Å². The molecular formula is C84H72N5OPtSi-3. The van der Waals surface area contributed by atoms with Crippen LogP contribution in [0.4, 0.5) is 22.7 Å². The van der Waals surface area contributed by atoms with Gasteiger partial charge in [0.1, 0.15) is 5.82 Å². The Kier molecular flexibility index (Phi) is 15.2. The van der Waals surface area contributed by atoms with Gasteiger partial charge in [-0.3, -0.25) is 0 Å². The SMILES string of the molecule is CC(C)(C)c1cc(N2[CH-]N(c3[c-]c(Oc4[c-]c5c(cc4)c4cc([Si](c6ccccc6)(c6ccccc6)c6ccccc6)ccc4n5-c4cc(C(C)(C)C)ccn4)ccc3)c3cccc(-c4cccc(-n5c6ccccc6c6ccccc65)c4)c32)cc(C(C)(C)C)c1.[Pt]. The Balaban J connectivity index is 0.00000735. The van der Waals surface area contributed by atoms with Crippen LogP contribution < -0.4 is 35.3 Å². The number of anilines is 4. The summed E-state index contributed by atoms with van der Waals surface area (Å²) in [4.78, 5) is 9.77. The molecule has 0 spiro atoms. The third kappa shape index (κ3) is 10.5. The van der Waals surface area contributed by atoms with Crippen LogP contribution in [0.2, 0.25) is 0 Å². The van der Waals surface area contributed by atoms with E-state index in [0.29, 0.717) is 11.5 Å². The van der Waals surface area contributed by atoms with Crippen molar-refractivity contribution in [2.24, 2.45) is 0 Å². The van der Waals surface area contributed by atoms with Gasteiger partial charge >= 0.3 is 0 Å². The quantitative estimate of drug-likeness (QED) is 0.0735. The molecule has 11 aromatic carbocycles. The van der Waals surface area contributed by atoms with Crippen molar-refractivity contribution in [1.29, 1.82) is 0 Å². The summed E-state index contributed by atoms with van der Waals surface area (Å²) in [7, 11) is -2.88. The van der Waals surface area contributed by atoms with Gasteiger partial charge in [0.05, 0.1) is 11.0 Å². The number of hydrogen-bond acceptors (Lipinski definition) is 4. The molecule has 0 bridgehead atoms. The Morgan fingerprint density at radius 1 is 0.402 bits per heavy atom. The van der Waals surface area contributed by atoms with E-state index in [9.17, 15) is 0 Å². The molecule has 4 heterocycles. The molecular weight excluding hydrogens is 1320 g/mol. The fraction of sp³-hybridized carbons (Fsp3) is 0.143. The minimum Gasteiger partial charge on any atom is -0.509 e. The molecule has 0 N–H and O–H groups in total. The molecule has 0 saturated carbocycles. The monoisotopic (exact) mass is 1390 g/mol. The average molecular weight is 1390 g/mol. The van der Waals surface area contributed by atoms with Crippen molar-refractivity contribution in [3.63, 3.8) is 0 Å². The minimum absolute atomic E-state index is 0. The standard InChI is InChI=1S/C84H72N5OSi.Pt/c1-82(2,3)58-46-47-85-80(52-58)89-77-45-43-69(91(66-30-13-10-14-31-66,67-32-15-11-16-33-67)68-34-17-12-18-35-68)55-74(77)73-44-42-65(54-79(73)89)90-64-29-24-27-61(53-64)86-56-87(63-50-59(83(4,5)6)49-60(51-63)84(7,8)9)81-70(38-25-41-78(81)86)57-26-23-28-62(48-57)88-75-39-21-19-36-71(75)72-37-20-22-40-76(72)88;/h10-52,55-56H,1-9H3;/q-3;. The second-order valence-electron chi connectivity index (χ2n) is 27.4. The van der Waals surface area contributed by atoms with Crippen molar-refractivity contribution in [2.75, 3.05) is 9.80 Å². The van der Waals surface area contributed by atoms with Gasteiger partial charge in [-0.2, -0.15) is 12.1 Å². The zero-order valence-electron chi connectivity index (χ0n) is 53.4. The predicted octanol–water partition coefficient (Wildman–Crippen LogP) is 19.0. The first kappa shape index (κ1) is 60.1. The number of benzene rings is 11. The smallest absolute Gasteiger partial charge is 0.179 e. The van der Waals surface area contributed by atoms with E-state index in [2.05, 4.69) is 355 Å². The first-order valence-corrected chi connectivity index (χ1v) is 33.7.